The molecule has 2 aromatic carbocycles. The van der Waals surface area contributed by atoms with Gasteiger partial charge in [-0.2, -0.15) is 0 Å². The molecule has 0 atom stereocenters. The molecule has 3 rings (SSSR count). The first-order chi connectivity index (χ1) is 10.2. The number of para-hydroxylation sites is 1. The summed E-state index contributed by atoms with van der Waals surface area (Å²) in [7, 11) is 0. The Labute approximate surface area is 132 Å². The lowest BCUT2D eigenvalue weighted by Gasteiger charge is -2.12. The molecule has 3 aromatic rings. The van der Waals surface area contributed by atoms with Crippen molar-refractivity contribution in [2.75, 3.05) is 0 Å². The van der Waals surface area contributed by atoms with Crippen LogP contribution >= 0.6 is 23.2 Å². The molecule has 0 amide bonds. The molecule has 0 saturated carbocycles. The standard InChI is InChI=1S/C16H12Cl2N2O/c17-10-5-6-13(18)16(7-10)21-15-8-11(9-19)20-14-4-2-1-3-12(14)15/h1-8H,9,19H2. The fraction of sp³-hybridized carbons (Fsp3) is 0.0625. The maximum Gasteiger partial charge on any atom is 0.147 e. The average molecular weight is 319 g/mol. The molecule has 0 aliphatic heterocycles. The molecule has 1 heterocycles. The summed E-state index contributed by atoms with van der Waals surface area (Å²) in [5, 5.41) is 1.95. The summed E-state index contributed by atoms with van der Waals surface area (Å²) in [4.78, 5) is 4.47. The van der Waals surface area contributed by atoms with Gasteiger partial charge < -0.3 is 10.5 Å². The number of ether oxygens (including phenoxy) is 1. The van der Waals surface area contributed by atoms with Crippen LogP contribution in [0.5, 0.6) is 11.5 Å². The van der Waals surface area contributed by atoms with Crippen molar-refractivity contribution in [2.45, 2.75) is 6.54 Å². The van der Waals surface area contributed by atoms with Crippen molar-refractivity contribution in [2.24, 2.45) is 5.73 Å². The van der Waals surface area contributed by atoms with Crippen LogP contribution in [0.2, 0.25) is 10.0 Å². The van der Waals surface area contributed by atoms with Gasteiger partial charge in [0.25, 0.3) is 0 Å². The van der Waals surface area contributed by atoms with Gasteiger partial charge in [0.15, 0.2) is 0 Å². The minimum atomic E-state index is 0.338. The largest absolute Gasteiger partial charge is 0.455 e. The van der Waals surface area contributed by atoms with Crippen LogP contribution < -0.4 is 10.5 Å². The highest BCUT2D eigenvalue weighted by Crippen LogP contribution is 2.35. The SMILES string of the molecule is NCc1cc(Oc2cc(Cl)ccc2Cl)c2ccccc2n1. The Morgan fingerprint density at radius 2 is 1.81 bits per heavy atom. The Kier molecular flexibility index (Phi) is 3.97. The van der Waals surface area contributed by atoms with Gasteiger partial charge in [0.1, 0.15) is 11.5 Å². The monoisotopic (exact) mass is 318 g/mol. The van der Waals surface area contributed by atoms with E-state index in [0.717, 1.165) is 16.6 Å². The molecule has 21 heavy (non-hydrogen) atoms. The summed E-state index contributed by atoms with van der Waals surface area (Å²) in [6.45, 7) is 0.338. The normalized spacial score (nSPS) is 10.8. The number of rotatable bonds is 3. The van der Waals surface area contributed by atoms with Gasteiger partial charge in [-0.25, -0.2) is 0 Å². The van der Waals surface area contributed by atoms with Crippen LogP contribution in [-0.4, -0.2) is 4.98 Å². The number of hydrogen-bond acceptors (Lipinski definition) is 3. The highest BCUT2D eigenvalue weighted by molar-refractivity contribution is 6.34. The van der Waals surface area contributed by atoms with Gasteiger partial charge in [-0.3, -0.25) is 4.98 Å². The third-order valence-electron chi connectivity index (χ3n) is 3.05. The second-order valence-electron chi connectivity index (χ2n) is 4.51. The lowest BCUT2D eigenvalue weighted by molar-refractivity contribution is 0.487. The second-order valence-corrected chi connectivity index (χ2v) is 5.35. The van der Waals surface area contributed by atoms with Crippen LogP contribution in [0.3, 0.4) is 0 Å². The predicted molar refractivity (Wildman–Crippen MR) is 86.2 cm³/mol. The van der Waals surface area contributed by atoms with Gasteiger partial charge >= 0.3 is 0 Å². The highest BCUT2D eigenvalue weighted by atomic mass is 35.5. The maximum absolute atomic E-state index is 6.15. The minimum Gasteiger partial charge on any atom is -0.455 e. The van der Waals surface area contributed by atoms with Crippen molar-refractivity contribution >= 4 is 34.1 Å². The van der Waals surface area contributed by atoms with E-state index in [4.69, 9.17) is 33.7 Å². The Morgan fingerprint density at radius 1 is 1.00 bits per heavy atom. The average Bonchev–Trinajstić information content (AvgIpc) is 2.50. The van der Waals surface area contributed by atoms with Crippen LogP contribution in [0.25, 0.3) is 10.9 Å². The molecule has 0 aliphatic rings. The van der Waals surface area contributed by atoms with E-state index >= 15 is 0 Å². The minimum absolute atomic E-state index is 0.338. The van der Waals surface area contributed by atoms with E-state index in [-0.39, 0.29) is 0 Å². The zero-order valence-electron chi connectivity index (χ0n) is 11.0. The van der Waals surface area contributed by atoms with Crippen LogP contribution in [0.15, 0.2) is 48.5 Å². The number of pyridine rings is 1. The Morgan fingerprint density at radius 3 is 2.62 bits per heavy atom. The molecule has 0 fully saturated rings. The molecule has 5 heteroatoms. The molecule has 0 aliphatic carbocycles. The number of benzene rings is 2. The first-order valence-corrected chi connectivity index (χ1v) is 7.14. The van der Waals surface area contributed by atoms with E-state index in [1.807, 2.05) is 30.3 Å². The van der Waals surface area contributed by atoms with E-state index < -0.39 is 0 Å². The number of aromatic nitrogens is 1. The van der Waals surface area contributed by atoms with Crippen molar-refractivity contribution < 1.29 is 4.74 Å². The van der Waals surface area contributed by atoms with Crippen molar-refractivity contribution in [3.05, 3.63) is 64.3 Å². The molecule has 0 radical (unpaired) electrons. The predicted octanol–water partition coefficient (Wildman–Crippen LogP) is 4.79. The Bertz CT molecular complexity index is 805. The van der Waals surface area contributed by atoms with Gasteiger partial charge in [0.05, 0.1) is 16.2 Å². The smallest absolute Gasteiger partial charge is 0.147 e. The van der Waals surface area contributed by atoms with Gasteiger partial charge in [-0.15, -0.1) is 0 Å². The van der Waals surface area contributed by atoms with Crippen molar-refractivity contribution in [1.82, 2.24) is 4.98 Å². The summed E-state index contributed by atoms with van der Waals surface area (Å²) in [5.74, 6) is 1.16. The number of halogens is 2. The Balaban J connectivity index is 2.13. The van der Waals surface area contributed by atoms with Crippen molar-refractivity contribution in [3.63, 3.8) is 0 Å². The lowest BCUT2D eigenvalue weighted by atomic mass is 10.2. The van der Waals surface area contributed by atoms with Crippen LogP contribution in [0, 0.1) is 0 Å². The number of fused-ring (bicyclic) bond motifs is 1. The number of nitrogens with zero attached hydrogens (tertiary/aromatic N) is 1. The van der Waals surface area contributed by atoms with E-state index in [1.165, 1.54) is 0 Å². The second kappa shape index (κ2) is 5.90. The molecular weight excluding hydrogens is 307 g/mol. The summed E-state index contributed by atoms with van der Waals surface area (Å²) in [6, 6.07) is 14.6. The number of hydrogen-bond donors (Lipinski definition) is 1. The van der Waals surface area contributed by atoms with Gasteiger partial charge in [0.2, 0.25) is 0 Å². The zero-order chi connectivity index (χ0) is 14.8. The third kappa shape index (κ3) is 2.95. The summed E-state index contributed by atoms with van der Waals surface area (Å²) >= 11 is 12.1. The summed E-state index contributed by atoms with van der Waals surface area (Å²) in [5.41, 5.74) is 7.27. The molecule has 0 spiro atoms. The molecule has 3 nitrogen and oxygen atoms in total. The van der Waals surface area contributed by atoms with Crippen molar-refractivity contribution in [1.29, 1.82) is 0 Å². The van der Waals surface area contributed by atoms with Gasteiger partial charge in [-0.05, 0) is 24.3 Å². The zero-order valence-corrected chi connectivity index (χ0v) is 12.5. The topological polar surface area (TPSA) is 48.1 Å². The quantitative estimate of drug-likeness (QED) is 0.755. The molecule has 2 N–H and O–H groups in total. The summed E-state index contributed by atoms with van der Waals surface area (Å²) in [6.07, 6.45) is 0. The van der Waals surface area contributed by atoms with Gasteiger partial charge in [0, 0.05) is 29.1 Å². The van der Waals surface area contributed by atoms with E-state index in [1.54, 1.807) is 18.2 Å². The van der Waals surface area contributed by atoms with E-state index in [9.17, 15) is 0 Å². The molecule has 0 unspecified atom stereocenters. The molecule has 106 valence electrons. The molecule has 0 saturated heterocycles. The van der Waals surface area contributed by atoms with E-state index in [2.05, 4.69) is 4.98 Å². The first-order valence-electron chi connectivity index (χ1n) is 6.39. The van der Waals surface area contributed by atoms with E-state index in [0.29, 0.717) is 28.1 Å². The summed E-state index contributed by atoms with van der Waals surface area (Å²) < 4.78 is 5.93. The fourth-order valence-electron chi connectivity index (χ4n) is 2.06. The van der Waals surface area contributed by atoms with Crippen LogP contribution in [0.1, 0.15) is 5.69 Å². The maximum atomic E-state index is 6.15. The molecular formula is C16H12Cl2N2O. The Hall–Kier alpha value is -1.81. The molecule has 1 aromatic heterocycles. The number of nitrogens with two attached hydrogens (primary N) is 1. The van der Waals surface area contributed by atoms with Crippen molar-refractivity contribution in [3.8, 4) is 11.5 Å². The molecule has 0 bridgehead atoms. The first kappa shape index (κ1) is 14.1. The van der Waals surface area contributed by atoms with Crippen LogP contribution in [0.4, 0.5) is 0 Å². The highest BCUT2D eigenvalue weighted by Gasteiger charge is 2.10. The third-order valence-corrected chi connectivity index (χ3v) is 3.60. The lowest BCUT2D eigenvalue weighted by Crippen LogP contribution is -2.00. The fourth-order valence-corrected chi connectivity index (χ4v) is 2.38. The van der Waals surface area contributed by atoms with Gasteiger partial charge in [-0.1, -0.05) is 35.3 Å². The van der Waals surface area contributed by atoms with Crippen LogP contribution in [-0.2, 0) is 6.54 Å².